The molecule has 0 amide bonds. The summed E-state index contributed by atoms with van der Waals surface area (Å²) in [5.41, 5.74) is 11.3. The van der Waals surface area contributed by atoms with E-state index in [1.54, 1.807) is 0 Å². The van der Waals surface area contributed by atoms with Crippen LogP contribution in [0.15, 0.2) is 35.3 Å². The Morgan fingerprint density at radius 3 is 2.27 bits per heavy atom. The summed E-state index contributed by atoms with van der Waals surface area (Å²) in [6.45, 7) is 11.1. The molecule has 5 heteroatoms. The van der Waals surface area contributed by atoms with Crippen molar-refractivity contribution in [2.75, 3.05) is 0 Å². The molecule has 1 aliphatic heterocycles. The fourth-order valence-electron chi connectivity index (χ4n) is 3.38. The molecule has 0 saturated carbocycles. The van der Waals surface area contributed by atoms with E-state index in [4.69, 9.17) is 30.5 Å². The Kier molecular flexibility index (Phi) is 5.91. The zero-order chi connectivity index (χ0) is 19.2. The second-order valence-corrected chi connectivity index (χ2v) is 18.8. The summed E-state index contributed by atoms with van der Waals surface area (Å²) < 4.78 is 0. The number of hydrogen-bond donors (Lipinski definition) is 0. The molecule has 2 aromatic rings. The Morgan fingerprint density at radius 2 is 1.65 bits per heavy atom. The third kappa shape index (κ3) is 3.90. The van der Waals surface area contributed by atoms with Gasteiger partial charge in [-0.05, 0) is 29.5 Å². The van der Waals surface area contributed by atoms with Crippen LogP contribution in [0.1, 0.15) is 55.5 Å². The van der Waals surface area contributed by atoms with Gasteiger partial charge in [0.05, 0.1) is 5.69 Å². The molecule has 2 aliphatic rings. The van der Waals surface area contributed by atoms with Gasteiger partial charge < -0.3 is 0 Å². The van der Waals surface area contributed by atoms with E-state index in [9.17, 15) is 0 Å². The van der Waals surface area contributed by atoms with Gasteiger partial charge in [0.15, 0.2) is 0 Å². The normalized spacial score (nSPS) is 14.2. The summed E-state index contributed by atoms with van der Waals surface area (Å²) in [6, 6.07) is 14.5. The number of aliphatic imine (C=N–C) groups is 1. The average Bonchev–Trinajstić information content (AvgIpc) is 3.02. The van der Waals surface area contributed by atoms with E-state index in [0.29, 0.717) is 0 Å². The Morgan fingerprint density at radius 1 is 1.00 bits per heavy atom. The molecule has 135 valence electrons. The van der Waals surface area contributed by atoms with E-state index >= 15 is 0 Å². The molecule has 1 heterocycles. The van der Waals surface area contributed by atoms with Gasteiger partial charge in [0.25, 0.3) is 0 Å². The molecule has 1 aliphatic carbocycles. The van der Waals surface area contributed by atoms with Crippen LogP contribution in [-0.2, 0) is 23.6 Å². The van der Waals surface area contributed by atoms with E-state index < -0.39 is 18.2 Å². The van der Waals surface area contributed by atoms with Gasteiger partial charge >= 0.3 is 43.7 Å². The van der Waals surface area contributed by atoms with Crippen LogP contribution in [0, 0.1) is 13.0 Å². The van der Waals surface area contributed by atoms with Gasteiger partial charge in [-0.25, -0.2) is 0 Å². The first-order valence-corrected chi connectivity index (χ1v) is 17.9. The summed E-state index contributed by atoms with van der Waals surface area (Å²) in [4.78, 5) is 4.91. The molecule has 0 fully saturated rings. The molecule has 0 bridgehead atoms. The summed E-state index contributed by atoms with van der Waals surface area (Å²) in [6.07, 6.45) is 0. The number of fused-ring (bicyclic) bond motifs is 5. The summed E-state index contributed by atoms with van der Waals surface area (Å²) in [7, 11) is 15.0. The van der Waals surface area contributed by atoms with E-state index in [1.807, 2.05) is 0 Å². The maximum absolute atomic E-state index is 5.00. The first-order chi connectivity index (χ1) is 12.1. The third-order valence-electron chi connectivity index (χ3n) is 4.70. The SMILES string of the molecule is CC1=C2C(=Nc3ccc(C)cc32)c2cc(C(C)(C)C)c[c-]c21.[Cl][Zr]([Cl])[Cl]. The number of allylic oxidation sites excluding steroid dienone is 2. The van der Waals surface area contributed by atoms with Crippen LogP contribution >= 0.6 is 25.5 Å². The molecule has 0 spiro atoms. The maximum atomic E-state index is 5.00. The van der Waals surface area contributed by atoms with Crippen LogP contribution in [0.25, 0.3) is 11.1 Å². The van der Waals surface area contributed by atoms with E-state index in [2.05, 4.69) is 71.0 Å². The predicted octanol–water partition coefficient (Wildman–Crippen LogP) is 7.54. The number of halogens is 3. The molecule has 4 rings (SSSR count). The summed E-state index contributed by atoms with van der Waals surface area (Å²) in [5.74, 6) is 0. The van der Waals surface area contributed by atoms with Gasteiger partial charge in [-0.15, -0.1) is 34.9 Å². The topological polar surface area (TPSA) is 12.4 Å². The molecular formula is C21H20Cl3NZr-. The second kappa shape index (κ2) is 7.55. The van der Waals surface area contributed by atoms with Crippen molar-refractivity contribution < 1.29 is 18.2 Å². The van der Waals surface area contributed by atoms with Crippen molar-refractivity contribution in [3.63, 3.8) is 0 Å². The van der Waals surface area contributed by atoms with E-state index in [0.717, 1.165) is 11.4 Å². The molecule has 26 heavy (non-hydrogen) atoms. The van der Waals surface area contributed by atoms with Gasteiger partial charge in [0.1, 0.15) is 0 Å². The molecular weight excluding hydrogens is 464 g/mol. The minimum atomic E-state index is -2.13. The van der Waals surface area contributed by atoms with Gasteiger partial charge in [-0.3, -0.25) is 4.99 Å². The van der Waals surface area contributed by atoms with Crippen molar-refractivity contribution in [1.82, 2.24) is 0 Å². The second-order valence-electron chi connectivity index (χ2n) is 7.62. The van der Waals surface area contributed by atoms with Crippen LogP contribution in [0.2, 0.25) is 0 Å². The van der Waals surface area contributed by atoms with Crippen molar-refractivity contribution in [2.45, 2.75) is 40.0 Å². The zero-order valence-electron chi connectivity index (χ0n) is 15.5. The Balaban J connectivity index is 0.000000447. The van der Waals surface area contributed by atoms with Crippen molar-refractivity contribution in [3.8, 4) is 0 Å². The number of hydrogen-bond acceptors (Lipinski definition) is 1. The molecule has 0 unspecified atom stereocenters. The van der Waals surface area contributed by atoms with Gasteiger partial charge in [0.2, 0.25) is 0 Å². The first kappa shape index (κ1) is 20.3. The Hall–Kier alpha value is -0.397. The minimum absolute atomic E-state index is 0.130. The zero-order valence-corrected chi connectivity index (χ0v) is 20.2. The first-order valence-electron chi connectivity index (χ1n) is 8.41. The molecule has 0 N–H and O–H groups in total. The predicted molar refractivity (Wildman–Crippen MR) is 111 cm³/mol. The van der Waals surface area contributed by atoms with Crippen LogP contribution < -0.4 is 0 Å². The van der Waals surface area contributed by atoms with E-state index in [-0.39, 0.29) is 5.41 Å². The fraction of sp³-hybridized carbons (Fsp3) is 0.286. The van der Waals surface area contributed by atoms with Crippen LogP contribution in [0.5, 0.6) is 0 Å². The van der Waals surface area contributed by atoms with Crippen LogP contribution in [-0.4, -0.2) is 5.71 Å². The molecule has 0 aromatic heterocycles. The number of rotatable bonds is 0. The Labute approximate surface area is 174 Å². The molecule has 0 saturated heterocycles. The third-order valence-corrected chi connectivity index (χ3v) is 4.70. The van der Waals surface area contributed by atoms with Gasteiger partial charge in [-0.1, -0.05) is 51.0 Å². The van der Waals surface area contributed by atoms with Crippen LogP contribution in [0.4, 0.5) is 5.69 Å². The molecule has 0 radical (unpaired) electrons. The van der Waals surface area contributed by atoms with Gasteiger partial charge in [-0.2, -0.15) is 0 Å². The number of benzene rings is 2. The summed E-state index contributed by atoms with van der Waals surface area (Å²) in [5, 5.41) is 0. The number of aryl methyl sites for hydroxylation is 1. The molecule has 2 aromatic carbocycles. The van der Waals surface area contributed by atoms with Crippen molar-refractivity contribution in [1.29, 1.82) is 0 Å². The number of nitrogens with zero attached hydrogens (tertiary/aromatic N) is 1. The van der Waals surface area contributed by atoms with Crippen molar-refractivity contribution in [3.05, 3.63) is 64.2 Å². The van der Waals surface area contributed by atoms with Crippen LogP contribution in [0.3, 0.4) is 0 Å². The quantitative estimate of drug-likeness (QED) is 0.343. The monoisotopic (exact) mass is 481 g/mol. The van der Waals surface area contributed by atoms with Crippen molar-refractivity contribution >= 4 is 48.1 Å². The summed E-state index contributed by atoms with van der Waals surface area (Å²) >= 11 is -2.13. The van der Waals surface area contributed by atoms with Gasteiger partial charge in [0, 0.05) is 5.71 Å². The standard InChI is InChI=1S/C21H20N.3ClH.Zr/c1-12-6-9-18-17(10-12)19-13(2)15-8-7-14(21(3,4)5)11-16(15)20(19)22-18;;;;/h6-7,9-11H,1-5H3;3*1H;/q-1;;;;+3/p-3. The Bertz CT molecular complexity index is 934. The molecule has 1 nitrogen and oxygen atoms in total. The fourth-order valence-corrected chi connectivity index (χ4v) is 3.38. The van der Waals surface area contributed by atoms with E-state index in [1.165, 1.54) is 39.0 Å². The molecule has 0 atom stereocenters. The average molecular weight is 484 g/mol. The van der Waals surface area contributed by atoms with Crippen molar-refractivity contribution in [2.24, 2.45) is 4.99 Å².